The molecule has 1 nitrogen and oxygen atoms in total. The van der Waals surface area contributed by atoms with E-state index in [1.54, 1.807) is 0 Å². The van der Waals surface area contributed by atoms with Crippen LogP contribution in [0.5, 0.6) is 0 Å². The lowest BCUT2D eigenvalue weighted by molar-refractivity contribution is 0.0977. The summed E-state index contributed by atoms with van der Waals surface area (Å²) >= 11 is 0. The molecule has 0 N–H and O–H groups in total. The van der Waals surface area contributed by atoms with Gasteiger partial charge in [0.1, 0.15) is 0 Å². The zero-order valence-electron chi connectivity index (χ0n) is 9.34. The van der Waals surface area contributed by atoms with Crippen molar-refractivity contribution in [2.24, 2.45) is 0 Å². The monoisotopic (exact) mass is 220 g/mol. The lowest BCUT2D eigenvalue weighted by Gasteiger charge is -2.09. The van der Waals surface area contributed by atoms with Crippen LogP contribution in [0, 0.1) is 0 Å². The van der Waals surface area contributed by atoms with Crippen LogP contribution >= 0.6 is 0 Å². The molecular weight excluding hydrogens is 208 g/mol. The topological polar surface area (TPSA) is 17.1 Å². The molecule has 0 amide bonds. The van der Waals surface area contributed by atoms with Gasteiger partial charge in [0.15, 0.2) is 5.78 Å². The Labute approximate surface area is 100 Å². The van der Waals surface area contributed by atoms with Gasteiger partial charge in [0, 0.05) is 5.56 Å². The smallest absolute Gasteiger partial charge is 0.174 e. The maximum absolute atomic E-state index is 12.4. The summed E-state index contributed by atoms with van der Waals surface area (Å²) in [6.45, 7) is 0. The zero-order valence-corrected chi connectivity index (χ0v) is 9.34. The van der Waals surface area contributed by atoms with Gasteiger partial charge in [0.25, 0.3) is 0 Å². The molecule has 82 valence electrons. The van der Waals surface area contributed by atoms with Crippen LogP contribution < -0.4 is 0 Å². The van der Waals surface area contributed by atoms with Crippen molar-refractivity contribution in [3.8, 4) is 0 Å². The Bertz CT molecular complexity index is 581. The summed E-state index contributed by atoms with van der Waals surface area (Å²) in [6.07, 6.45) is 4.01. The first kappa shape index (κ1) is 10.0. The third kappa shape index (κ3) is 1.70. The molecule has 1 aliphatic rings. The van der Waals surface area contributed by atoms with Crippen LogP contribution in [-0.2, 0) is 0 Å². The van der Waals surface area contributed by atoms with Gasteiger partial charge in [-0.25, -0.2) is 0 Å². The number of carbonyl (C=O) groups excluding carboxylic acids is 1. The van der Waals surface area contributed by atoms with Gasteiger partial charge in [-0.3, -0.25) is 4.79 Å². The summed E-state index contributed by atoms with van der Waals surface area (Å²) in [5.74, 6) is 0.0559. The van der Waals surface area contributed by atoms with Gasteiger partial charge in [-0.2, -0.15) is 0 Å². The quantitative estimate of drug-likeness (QED) is 0.705. The van der Waals surface area contributed by atoms with E-state index in [0.29, 0.717) is 0 Å². The number of benzene rings is 2. The van der Waals surface area contributed by atoms with Crippen molar-refractivity contribution in [3.05, 3.63) is 77.4 Å². The van der Waals surface area contributed by atoms with E-state index >= 15 is 0 Å². The van der Waals surface area contributed by atoms with Crippen molar-refractivity contribution in [2.45, 2.75) is 5.92 Å². The summed E-state index contributed by atoms with van der Waals surface area (Å²) in [5, 5.41) is 0. The fourth-order valence-corrected chi connectivity index (χ4v) is 2.26. The molecule has 0 heterocycles. The van der Waals surface area contributed by atoms with E-state index in [1.165, 1.54) is 0 Å². The van der Waals surface area contributed by atoms with E-state index in [0.717, 1.165) is 16.7 Å². The zero-order chi connectivity index (χ0) is 11.7. The number of fused-ring (bicyclic) bond motifs is 1. The lowest BCUT2D eigenvalue weighted by atomic mass is 9.92. The third-order valence-electron chi connectivity index (χ3n) is 3.14. The average Bonchev–Trinajstić information content (AvgIpc) is 2.83. The molecule has 1 heteroatoms. The molecule has 1 aliphatic carbocycles. The number of allylic oxidation sites excluding steroid dienone is 1. The van der Waals surface area contributed by atoms with Crippen molar-refractivity contribution in [1.29, 1.82) is 0 Å². The molecule has 0 aliphatic heterocycles. The first-order valence-electron chi connectivity index (χ1n) is 5.72. The molecule has 1 unspecified atom stereocenters. The second-order valence-corrected chi connectivity index (χ2v) is 4.20. The second-order valence-electron chi connectivity index (χ2n) is 4.20. The largest absolute Gasteiger partial charge is 0.293 e. The first-order valence-corrected chi connectivity index (χ1v) is 5.72. The van der Waals surface area contributed by atoms with Crippen LogP contribution in [0.2, 0.25) is 0 Å². The molecule has 17 heavy (non-hydrogen) atoms. The third-order valence-corrected chi connectivity index (χ3v) is 3.14. The standard InChI is InChI=1S/C16H12O/c17-16(13-7-2-1-3-8-13)15-11-10-12-6-4-5-9-14(12)15/h1-11,15H. The minimum absolute atomic E-state index is 0.117. The Kier molecular flexibility index (Phi) is 2.37. The molecule has 0 spiro atoms. The second kappa shape index (κ2) is 4.02. The first-order chi connectivity index (χ1) is 8.36. The number of rotatable bonds is 2. The number of hydrogen-bond donors (Lipinski definition) is 0. The summed E-state index contributed by atoms with van der Waals surface area (Å²) in [6, 6.07) is 17.5. The fraction of sp³-hybridized carbons (Fsp3) is 0.0625. The van der Waals surface area contributed by atoms with Gasteiger partial charge >= 0.3 is 0 Å². The van der Waals surface area contributed by atoms with Crippen molar-refractivity contribution in [1.82, 2.24) is 0 Å². The van der Waals surface area contributed by atoms with Crippen LogP contribution in [-0.4, -0.2) is 5.78 Å². The highest BCUT2D eigenvalue weighted by Crippen LogP contribution is 2.32. The summed E-state index contributed by atoms with van der Waals surface area (Å²) in [4.78, 5) is 12.4. The van der Waals surface area contributed by atoms with E-state index in [9.17, 15) is 4.79 Å². The lowest BCUT2D eigenvalue weighted by Crippen LogP contribution is -2.09. The van der Waals surface area contributed by atoms with Gasteiger partial charge < -0.3 is 0 Å². The average molecular weight is 220 g/mol. The molecule has 0 fully saturated rings. The van der Waals surface area contributed by atoms with Crippen molar-refractivity contribution in [2.75, 3.05) is 0 Å². The van der Waals surface area contributed by atoms with Crippen molar-refractivity contribution in [3.63, 3.8) is 0 Å². The Hall–Kier alpha value is -2.15. The predicted molar refractivity (Wildman–Crippen MR) is 69.0 cm³/mol. The van der Waals surface area contributed by atoms with Gasteiger partial charge in [0.2, 0.25) is 0 Å². The fourth-order valence-electron chi connectivity index (χ4n) is 2.26. The van der Waals surface area contributed by atoms with Gasteiger partial charge in [-0.05, 0) is 11.1 Å². The molecular formula is C16H12O. The Morgan fingerprint density at radius 2 is 1.59 bits per heavy atom. The normalized spacial score (nSPS) is 16.8. The van der Waals surface area contributed by atoms with E-state index in [4.69, 9.17) is 0 Å². The SMILES string of the molecule is O=C(c1ccccc1)C1C=Cc2ccccc21. The number of carbonyl (C=O) groups is 1. The molecule has 0 bridgehead atoms. The van der Waals surface area contributed by atoms with Gasteiger partial charge in [0.05, 0.1) is 5.92 Å². The van der Waals surface area contributed by atoms with Crippen molar-refractivity contribution >= 4 is 11.9 Å². The minimum Gasteiger partial charge on any atom is -0.293 e. The molecule has 2 aromatic carbocycles. The summed E-state index contributed by atoms with van der Waals surface area (Å²) in [7, 11) is 0. The molecule has 0 aromatic heterocycles. The van der Waals surface area contributed by atoms with Crippen LogP contribution in [0.25, 0.3) is 6.08 Å². The number of Topliss-reactive ketones (excluding diaryl/α,β-unsaturated/α-hetero) is 1. The maximum atomic E-state index is 12.4. The summed E-state index contributed by atoms with van der Waals surface area (Å²) in [5.41, 5.74) is 3.04. The van der Waals surface area contributed by atoms with E-state index in [2.05, 4.69) is 0 Å². The molecule has 3 rings (SSSR count). The minimum atomic E-state index is -0.117. The highest BCUT2D eigenvalue weighted by Gasteiger charge is 2.24. The van der Waals surface area contributed by atoms with E-state index < -0.39 is 0 Å². The van der Waals surface area contributed by atoms with Crippen LogP contribution in [0.3, 0.4) is 0 Å². The molecule has 2 aromatic rings. The van der Waals surface area contributed by atoms with Crippen molar-refractivity contribution < 1.29 is 4.79 Å². The van der Waals surface area contributed by atoms with Gasteiger partial charge in [-0.1, -0.05) is 66.7 Å². The number of hydrogen-bond acceptors (Lipinski definition) is 1. The van der Waals surface area contributed by atoms with Crippen LogP contribution in [0.4, 0.5) is 0 Å². The van der Waals surface area contributed by atoms with Gasteiger partial charge in [-0.15, -0.1) is 0 Å². The maximum Gasteiger partial charge on any atom is 0.174 e. The van der Waals surface area contributed by atoms with E-state index in [-0.39, 0.29) is 11.7 Å². The van der Waals surface area contributed by atoms with Crippen LogP contribution in [0.15, 0.2) is 60.7 Å². The Balaban J connectivity index is 1.98. The van der Waals surface area contributed by atoms with Crippen LogP contribution in [0.1, 0.15) is 27.4 Å². The highest BCUT2D eigenvalue weighted by atomic mass is 16.1. The molecule has 0 saturated carbocycles. The predicted octanol–water partition coefficient (Wildman–Crippen LogP) is 3.68. The highest BCUT2D eigenvalue weighted by molar-refractivity contribution is 6.04. The molecule has 0 radical (unpaired) electrons. The summed E-state index contributed by atoms with van der Waals surface area (Å²) < 4.78 is 0. The Morgan fingerprint density at radius 3 is 2.41 bits per heavy atom. The molecule has 0 saturated heterocycles. The number of ketones is 1. The van der Waals surface area contributed by atoms with E-state index in [1.807, 2.05) is 66.7 Å². The molecule has 1 atom stereocenters. The Morgan fingerprint density at radius 1 is 0.882 bits per heavy atom.